The van der Waals surface area contributed by atoms with Gasteiger partial charge in [0.1, 0.15) is 0 Å². The average Bonchev–Trinajstić information content (AvgIpc) is 2.34. The van der Waals surface area contributed by atoms with Crippen LogP contribution in [0.5, 0.6) is 0 Å². The summed E-state index contributed by atoms with van der Waals surface area (Å²) in [5, 5.41) is 10.5. The molecule has 118 valence electrons. The van der Waals surface area contributed by atoms with Gasteiger partial charge in [0.25, 0.3) is 0 Å². The number of benzene rings is 1. The molecule has 0 bridgehead atoms. The quantitative estimate of drug-likeness (QED) is 0.604. The van der Waals surface area contributed by atoms with Gasteiger partial charge in [-0.05, 0) is 48.7 Å². The summed E-state index contributed by atoms with van der Waals surface area (Å²) < 4.78 is 6.30. The lowest BCUT2D eigenvalue weighted by Gasteiger charge is -2.36. The van der Waals surface area contributed by atoms with Crippen molar-refractivity contribution in [3.63, 3.8) is 0 Å². The minimum atomic E-state index is -1.79. The van der Waals surface area contributed by atoms with E-state index in [1.807, 2.05) is 19.1 Å². The van der Waals surface area contributed by atoms with E-state index in [-0.39, 0.29) is 5.04 Å². The van der Waals surface area contributed by atoms with Crippen LogP contribution in [0.4, 0.5) is 0 Å². The van der Waals surface area contributed by atoms with E-state index in [9.17, 15) is 5.11 Å². The second kappa shape index (κ2) is 6.47. The predicted molar refractivity (Wildman–Crippen MR) is 92.9 cm³/mol. The SMILES string of the molecule is C=C(C)C(O)c1ccc(C)cc1CO[Si](C)(C)C(C)(C)C. The second-order valence-electron chi connectivity index (χ2n) is 7.50. The van der Waals surface area contributed by atoms with E-state index in [1.165, 1.54) is 5.56 Å². The maximum atomic E-state index is 10.3. The molecule has 3 heteroatoms. The largest absolute Gasteiger partial charge is 0.413 e. The zero-order chi connectivity index (χ0) is 16.4. The van der Waals surface area contributed by atoms with Crippen LogP contribution in [0.25, 0.3) is 0 Å². The van der Waals surface area contributed by atoms with Crippen LogP contribution in [-0.2, 0) is 11.0 Å². The Morgan fingerprint density at radius 2 is 1.90 bits per heavy atom. The Kier molecular flexibility index (Phi) is 5.59. The first kappa shape index (κ1) is 18.1. The van der Waals surface area contributed by atoms with Gasteiger partial charge in [0, 0.05) is 0 Å². The molecule has 0 aliphatic rings. The van der Waals surface area contributed by atoms with E-state index in [0.717, 1.165) is 16.7 Å². The van der Waals surface area contributed by atoms with Gasteiger partial charge in [-0.1, -0.05) is 51.1 Å². The topological polar surface area (TPSA) is 29.5 Å². The summed E-state index contributed by atoms with van der Waals surface area (Å²) in [6, 6.07) is 6.12. The van der Waals surface area contributed by atoms with Gasteiger partial charge in [-0.25, -0.2) is 0 Å². The molecule has 1 rings (SSSR count). The Hall–Kier alpha value is -0.903. The van der Waals surface area contributed by atoms with Crippen LogP contribution >= 0.6 is 0 Å². The molecule has 0 fully saturated rings. The van der Waals surface area contributed by atoms with Crippen LogP contribution in [0, 0.1) is 6.92 Å². The first-order chi connectivity index (χ1) is 9.45. The van der Waals surface area contributed by atoms with Crippen molar-refractivity contribution in [1.29, 1.82) is 0 Å². The van der Waals surface area contributed by atoms with Gasteiger partial charge in [0.15, 0.2) is 8.32 Å². The summed E-state index contributed by atoms with van der Waals surface area (Å²) in [5.74, 6) is 0. The monoisotopic (exact) mass is 306 g/mol. The summed E-state index contributed by atoms with van der Waals surface area (Å²) >= 11 is 0. The smallest absolute Gasteiger partial charge is 0.192 e. The van der Waals surface area contributed by atoms with Gasteiger partial charge < -0.3 is 9.53 Å². The van der Waals surface area contributed by atoms with Crippen molar-refractivity contribution in [3.8, 4) is 0 Å². The van der Waals surface area contributed by atoms with Crippen molar-refractivity contribution in [2.75, 3.05) is 0 Å². The summed E-state index contributed by atoms with van der Waals surface area (Å²) in [4.78, 5) is 0. The molecule has 2 nitrogen and oxygen atoms in total. The lowest BCUT2D eigenvalue weighted by molar-refractivity contribution is 0.209. The normalized spacial score (nSPS) is 14.1. The molecule has 1 unspecified atom stereocenters. The number of hydrogen-bond acceptors (Lipinski definition) is 2. The van der Waals surface area contributed by atoms with Crippen molar-refractivity contribution in [2.24, 2.45) is 0 Å². The summed E-state index contributed by atoms with van der Waals surface area (Å²) in [6.07, 6.45) is -0.622. The Bertz CT molecular complexity index is 512. The number of aryl methyl sites for hydroxylation is 1. The highest BCUT2D eigenvalue weighted by molar-refractivity contribution is 6.74. The molecular weight excluding hydrogens is 276 g/mol. The minimum Gasteiger partial charge on any atom is -0.413 e. The third-order valence-electron chi connectivity index (χ3n) is 4.45. The average molecular weight is 307 g/mol. The van der Waals surface area contributed by atoms with E-state index >= 15 is 0 Å². The second-order valence-corrected chi connectivity index (χ2v) is 12.3. The molecule has 0 aliphatic heterocycles. The fourth-order valence-corrected chi connectivity index (χ4v) is 2.82. The highest BCUT2D eigenvalue weighted by atomic mass is 28.4. The Morgan fingerprint density at radius 1 is 1.33 bits per heavy atom. The van der Waals surface area contributed by atoms with Gasteiger partial charge in [-0.3, -0.25) is 0 Å². The molecule has 0 saturated carbocycles. The minimum absolute atomic E-state index is 0.184. The lowest BCUT2D eigenvalue weighted by atomic mass is 9.97. The van der Waals surface area contributed by atoms with Gasteiger partial charge in [-0.2, -0.15) is 0 Å². The van der Waals surface area contributed by atoms with E-state index in [0.29, 0.717) is 6.61 Å². The molecule has 0 amide bonds. The van der Waals surface area contributed by atoms with Gasteiger partial charge in [0.2, 0.25) is 0 Å². The maximum absolute atomic E-state index is 10.3. The zero-order valence-corrected chi connectivity index (χ0v) is 15.6. The van der Waals surface area contributed by atoms with Crippen LogP contribution < -0.4 is 0 Å². The maximum Gasteiger partial charge on any atom is 0.192 e. The number of rotatable bonds is 5. The molecule has 0 aliphatic carbocycles. The third-order valence-corrected chi connectivity index (χ3v) is 8.93. The van der Waals surface area contributed by atoms with E-state index in [2.05, 4.69) is 53.4 Å². The van der Waals surface area contributed by atoms with Crippen LogP contribution in [-0.4, -0.2) is 13.4 Å². The van der Waals surface area contributed by atoms with Crippen LogP contribution in [0.3, 0.4) is 0 Å². The van der Waals surface area contributed by atoms with Gasteiger partial charge in [0.05, 0.1) is 12.7 Å². The van der Waals surface area contributed by atoms with Gasteiger partial charge in [-0.15, -0.1) is 0 Å². The molecule has 1 aromatic rings. The first-order valence-corrected chi connectivity index (χ1v) is 10.4. The molecule has 1 atom stereocenters. The van der Waals surface area contributed by atoms with Crippen LogP contribution in [0.1, 0.15) is 50.5 Å². The lowest BCUT2D eigenvalue weighted by Crippen LogP contribution is -2.40. The Balaban J connectivity index is 3.03. The molecule has 0 radical (unpaired) electrons. The number of aliphatic hydroxyl groups excluding tert-OH is 1. The Labute approximate surface area is 131 Å². The molecule has 1 aromatic carbocycles. The zero-order valence-electron chi connectivity index (χ0n) is 14.6. The fourth-order valence-electron chi connectivity index (χ4n) is 1.87. The summed E-state index contributed by atoms with van der Waals surface area (Å²) in [7, 11) is -1.79. The molecule has 0 spiro atoms. The van der Waals surface area contributed by atoms with Crippen molar-refractivity contribution >= 4 is 8.32 Å². The van der Waals surface area contributed by atoms with Crippen LogP contribution in [0.2, 0.25) is 18.1 Å². The first-order valence-electron chi connectivity index (χ1n) is 7.52. The van der Waals surface area contributed by atoms with Crippen LogP contribution in [0.15, 0.2) is 30.4 Å². The molecule has 0 aromatic heterocycles. The highest BCUT2D eigenvalue weighted by Gasteiger charge is 2.37. The third kappa shape index (κ3) is 4.53. The molecular formula is C18H30O2Si. The molecule has 21 heavy (non-hydrogen) atoms. The van der Waals surface area contributed by atoms with Crippen molar-refractivity contribution < 1.29 is 9.53 Å². The van der Waals surface area contributed by atoms with Gasteiger partial charge >= 0.3 is 0 Å². The number of hydrogen-bond donors (Lipinski definition) is 1. The van der Waals surface area contributed by atoms with E-state index < -0.39 is 14.4 Å². The predicted octanol–water partition coefficient (Wildman–Crippen LogP) is 5.13. The summed E-state index contributed by atoms with van der Waals surface area (Å²) in [6.45, 7) is 19.5. The van der Waals surface area contributed by atoms with Crippen molar-refractivity contribution in [2.45, 2.75) is 65.5 Å². The van der Waals surface area contributed by atoms with Crippen molar-refractivity contribution in [3.05, 3.63) is 47.0 Å². The van der Waals surface area contributed by atoms with Crippen molar-refractivity contribution in [1.82, 2.24) is 0 Å². The highest BCUT2D eigenvalue weighted by Crippen LogP contribution is 2.37. The number of aliphatic hydroxyl groups is 1. The summed E-state index contributed by atoms with van der Waals surface area (Å²) in [5.41, 5.74) is 3.91. The molecule has 1 N–H and O–H groups in total. The molecule has 0 saturated heterocycles. The Morgan fingerprint density at radius 3 is 2.38 bits per heavy atom. The van der Waals surface area contributed by atoms with E-state index in [1.54, 1.807) is 0 Å². The standard InChI is InChI=1S/C18H30O2Si/c1-13(2)17(19)16-10-9-14(3)11-15(16)12-20-21(7,8)18(4,5)6/h9-11,17,19H,1,12H2,2-8H3. The molecule has 0 heterocycles. The fraction of sp³-hybridized carbons (Fsp3) is 0.556. The van der Waals surface area contributed by atoms with E-state index in [4.69, 9.17) is 4.43 Å².